The highest BCUT2D eigenvalue weighted by Crippen LogP contribution is 2.19. The van der Waals surface area contributed by atoms with Crippen LogP contribution in [-0.2, 0) is 4.79 Å². The van der Waals surface area contributed by atoms with Gasteiger partial charge in [0.15, 0.2) is 0 Å². The third kappa shape index (κ3) is 2.70. The van der Waals surface area contributed by atoms with Gasteiger partial charge in [0, 0.05) is 25.9 Å². The minimum absolute atomic E-state index is 0.112. The smallest absolute Gasteiger partial charge is 0.229 e. The maximum absolute atomic E-state index is 12.3. The molecule has 0 aromatic heterocycles. The Morgan fingerprint density at radius 3 is 2.44 bits per heavy atom. The van der Waals surface area contributed by atoms with E-state index < -0.39 is 0 Å². The van der Waals surface area contributed by atoms with E-state index in [-0.39, 0.29) is 11.8 Å². The fraction of sp³-hybridized carbons (Fsp3) is 0.429. The summed E-state index contributed by atoms with van der Waals surface area (Å²) in [6.07, 6.45) is 1.34. The Bertz CT molecular complexity index is 432. The number of oxime groups is 1. The van der Waals surface area contributed by atoms with Crippen molar-refractivity contribution in [3.8, 4) is 0 Å². The Labute approximate surface area is 107 Å². The predicted octanol–water partition coefficient (Wildman–Crippen LogP) is 2.24. The molecular weight excluding hydrogens is 228 g/mol. The summed E-state index contributed by atoms with van der Waals surface area (Å²) in [6, 6.07) is 9.81. The van der Waals surface area contributed by atoms with Gasteiger partial charge in [-0.3, -0.25) is 4.79 Å². The van der Waals surface area contributed by atoms with Crippen LogP contribution in [0.15, 0.2) is 35.5 Å². The van der Waals surface area contributed by atoms with E-state index in [1.54, 1.807) is 0 Å². The molecule has 1 amide bonds. The molecule has 1 N–H and O–H groups in total. The van der Waals surface area contributed by atoms with Crippen LogP contribution in [0.2, 0.25) is 0 Å². The van der Waals surface area contributed by atoms with Crippen LogP contribution in [0.25, 0.3) is 0 Å². The van der Waals surface area contributed by atoms with Gasteiger partial charge in [0.05, 0.1) is 11.6 Å². The van der Waals surface area contributed by atoms with E-state index in [2.05, 4.69) is 5.16 Å². The largest absolute Gasteiger partial charge is 0.411 e. The number of rotatable bonds is 2. The normalized spacial score (nSPS) is 17.4. The van der Waals surface area contributed by atoms with Crippen molar-refractivity contribution < 1.29 is 10.0 Å². The van der Waals surface area contributed by atoms with Crippen molar-refractivity contribution in [2.75, 3.05) is 13.1 Å². The lowest BCUT2D eigenvalue weighted by Crippen LogP contribution is -2.40. The molecule has 1 unspecified atom stereocenters. The Hall–Kier alpha value is -1.84. The zero-order chi connectivity index (χ0) is 13.0. The summed E-state index contributed by atoms with van der Waals surface area (Å²) in [6.45, 7) is 3.23. The Kier molecular flexibility index (Phi) is 3.97. The first-order valence-corrected chi connectivity index (χ1v) is 6.26. The Balaban J connectivity index is 2.00. The minimum Gasteiger partial charge on any atom is -0.411 e. The highest BCUT2D eigenvalue weighted by molar-refractivity contribution is 5.89. The molecule has 0 aliphatic carbocycles. The summed E-state index contributed by atoms with van der Waals surface area (Å²) in [5, 5.41) is 11.9. The van der Waals surface area contributed by atoms with Gasteiger partial charge >= 0.3 is 0 Å². The number of carbonyl (C=O) groups excluding carboxylic acids is 1. The molecule has 1 heterocycles. The van der Waals surface area contributed by atoms with Crippen molar-refractivity contribution in [2.24, 2.45) is 5.16 Å². The Morgan fingerprint density at radius 2 is 1.89 bits per heavy atom. The van der Waals surface area contributed by atoms with Gasteiger partial charge in [0.25, 0.3) is 0 Å². The topological polar surface area (TPSA) is 52.9 Å². The van der Waals surface area contributed by atoms with Crippen LogP contribution in [0.4, 0.5) is 0 Å². The number of carbonyl (C=O) groups is 1. The average Bonchev–Trinajstić information content (AvgIpc) is 2.47. The van der Waals surface area contributed by atoms with E-state index >= 15 is 0 Å². The summed E-state index contributed by atoms with van der Waals surface area (Å²) >= 11 is 0. The van der Waals surface area contributed by atoms with Crippen LogP contribution in [0, 0.1) is 0 Å². The molecule has 1 aromatic carbocycles. The molecule has 96 valence electrons. The van der Waals surface area contributed by atoms with Gasteiger partial charge in [-0.25, -0.2) is 0 Å². The van der Waals surface area contributed by atoms with Crippen molar-refractivity contribution >= 4 is 11.6 Å². The SMILES string of the molecule is CC(C(=O)N1CCC(=NO)CC1)c1ccccc1. The Morgan fingerprint density at radius 1 is 1.28 bits per heavy atom. The van der Waals surface area contributed by atoms with Crippen molar-refractivity contribution in [3.63, 3.8) is 0 Å². The number of hydrogen-bond acceptors (Lipinski definition) is 3. The fourth-order valence-electron chi connectivity index (χ4n) is 2.24. The molecule has 2 rings (SSSR count). The first kappa shape index (κ1) is 12.6. The number of amides is 1. The standard InChI is InChI=1S/C14H18N2O2/c1-11(12-5-3-2-4-6-12)14(17)16-9-7-13(15-18)8-10-16/h2-6,11,18H,7-10H2,1H3. The lowest BCUT2D eigenvalue weighted by Gasteiger charge is -2.29. The lowest BCUT2D eigenvalue weighted by molar-refractivity contribution is -0.132. The van der Waals surface area contributed by atoms with E-state index in [0.717, 1.165) is 11.3 Å². The van der Waals surface area contributed by atoms with Crippen molar-refractivity contribution in [1.82, 2.24) is 4.90 Å². The van der Waals surface area contributed by atoms with E-state index in [1.165, 1.54) is 0 Å². The summed E-state index contributed by atoms with van der Waals surface area (Å²) in [7, 11) is 0. The summed E-state index contributed by atoms with van der Waals surface area (Å²) < 4.78 is 0. The number of likely N-dealkylation sites (tertiary alicyclic amines) is 1. The molecule has 4 heteroatoms. The highest BCUT2D eigenvalue weighted by Gasteiger charge is 2.24. The molecule has 1 aromatic rings. The second-order valence-electron chi connectivity index (χ2n) is 4.62. The summed E-state index contributed by atoms with van der Waals surface area (Å²) in [4.78, 5) is 14.2. The zero-order valence-electron chi connectivity index (χ0n) is 10.5. The number of benzene rings is 1. The van der Waals surface area contributed by atoms with Gasteiger partial charge in [0.2, 0.25) is 5.91 Å². The molecule has 1 saturated heterocycles. The molecule has 0 spiro atoms. The monoisotopic (exact) mass is 246 g/mol. The minimum atomic E-state index is -0.112. The highest BCUT2D eigenvalue weighted by atomic mass is 16.4. The van der Waals surface area contributed by atoms with Crippen LogP contribution < -0.4 is 0 Å². The predicted molar refractivity (Wildman–Crippen MR) is 69.9 cm³/mol. The molecule has 0 saturated carbocycles. The van der Waals surface area contributed by atoms with Crippen LogP contribution in [0.1, 0.15) is 31.2 Å². The van der Waals surface area contributed by atoms with Crippen LogP contribution in [0.5, 0.6) is 0 Å². The molecule has 0 radical (unpaired) electrons. The molecule has 18 heavy (non-hydrogen) atoms. The molecule has 1 aliphatic rings. The first-order chi connectivity index (χ1) is 8.72. The molecule has 1 atom stereocenters. The van der Waals surface area contributed by atoms with Gasteiger partial charge < -0.3 is 10.1 Å². The third-order valence-electron chi connectivity index (χ3n) is 3.46. The van der Waals surface area contributed by atoms with Crippen LogP contribution >= 0.6 is 0 Å². The maximum Gasteiger partial charge on any atom is 0.229 e. The van der Waals surface area contributed by atoms with Gasteiger partial charge in [-0.05, 0) is 12.5 Å². The quantitative estimate of drug-likeness (QED) is 0.642. The second-order valence-corrected chi connectivity index (χ2v) is 4.62. The zero-order valence-corrected chi connectivity index (χ0v) is 10.5. The third-order valence-corrected chi connectivity index (χ3v) is 3.46. The lowest BCUT2D eigenvalue weighted by atomic mass is 9.98. The van der Waals surface area contributed by atoms with Crippen LogP contribution in [0.3, 0.4) is 0 Å². The number of piperidine rings is 1. The van der Waals surface area contributed by atoms with Gasteiger partial charge in [-0.2, -0.15) is 0 Å². The summed E-state index contributed by atoms with van der Waals surface area (Å²) in [5.41, 5.74) is 1.83. The molecule has 1 aliphatic heterocycles. The molecule has 4 nitrogen and oxygen atoms in total. The molecule has 0 bridgehead atoms. The molecule has 1 fully saturated rings. The van der Waals surface area contributed by atoms with Crippen molar-refractivity contribution in [1.29, 1.82) is 0 Å². The summed E-state index contributed by atoms with van der Waals surface area (Å²) in [5.74, 6) is 0.0389. The molecular formula is C14H18N2O2. The fourth-order valence-corrected chi connectivity index (χ4v) is 2.24. The maximum atomic E-state index is 12.3. The average molecular weight is 246 g/mol. The van der Waals surface area contributed by atoms with Gasteiger partial charge in [0.1, 0.15) is 0 Å². The van der Waals surface area contributed by atoms with Crippen molar-refractivity contribution in [3.05, 3.63) is 35.9 Å². The van der Waals surface area contributed by atoms with Gasteiger partial charge in [-0.1, -0.05) is 35.5 Å². The second kappa shape index (κ2) is 5.67. The first-order valence-electron chi connectivity index (χ1n) is 6.26. The van der Waals surface area contributed by atoms with E-state index in [4.69, 9.17) is 5.21 Å². The van der Waals surface area contributed by atoms with E-state index in [0.29, 0.717) is 25.9 Å². The number of hydrogen-bond donors (Lipinski definition) is 1. The van der Waals surface area contributed by atoms with Gasteiger partial charge in [-0.15, -0.1) is 0 Å². The number of nitrogens with zero attached hydrogens (tertiary/aromatic N) is 2. The van der Waals surface area contributed by atoms with E-state index in [9.17, 15) is 4.79 Å². The van der Waals surface area contributed by atoms with E-state index in [1.807, 2.05) is 42.2 Å². The van der Waals surface area contributed by atoms with Crippen molar-refractivity contribution in [2.45, 2.75) is 25.7 Å². The van der Waals surface area contributed by atoms with Crippen LogP contribution in [-0.4, -0.2) is 34.8 Å².